The summed E-state index contributed by atoms with van der Waals surface area (Å²) in [6.45, 7) is 5.56. The highest BCUT2D eigenvalue weighted by Gasteiger charge is 2.40. The van der Waals surface area contributed by atoms with Gasteiger partial charge in [0.25, 0.3) is 5.91 Å². The average molecular weight is 394 g/mol. The van der Waals surface area contributed by atoms with E-state index in [-0.39, 0.29) is 17.9 Å². The van der Waals surface area contributed by atoms with Crippen molar-refractivity contribution in [1.29, 1.82) is 0 Å². The lowest BCUT2D eigenvalue weighted by Crippen LogP contribution is -2.41. The Bertz CT molecular complexity index is 1060. The summed E-state index contributed by atoms with van der Waals surface area (Å²) in [4.78, 5) is 16.9. The molecule has 2 aromatic heterocycles. The fraction of sp³-hybridized carbons (Fsp3) is 0.409. The number of hydrogen-bond donors (Lipinski definition) is 2. The molecule has 152 valence electrons. The van der Waals surface area contributed by atoms with E-state index in [0.717, 1.165) is 29.4 Å². The molecule has 2 heterocycles. The molecule has 0 aliphatic heterocycles. The van der Waals surface area contributed by atoms with Gasteiger partial charge in [0.1, 0.15) is 11.4 Å². The summed E-state index contributed by atoms with van der Waals surface area (Å²) in [5.41, 5.74) is 1.87. The molecule has 0 spiro atoms. The fourth-order valence-electron chi connectivity index (χ4n) is 3.76. The average Bonchev–Trinajstić information content (AvgIpc) is 3.00. The van der Waals surface area contributed by atoms with Gasteiger partial charge in [0.2, 0.25) is 0 Å². The molecular weight excluding hydrogens is 368 g/mol. The van der Waals surface area contributed by atoms with Gasteiger partial charge in [0.05, 0.1) is 30.0 Å². The summed E-state index contributed by atoms with van der Waals surface area (Å²) in [5.74, 6) is 0.545. The first kappa shape index (κ1) is 19.4. The number of carbonyl (C=O) groups excluding carboxylic acids is 1. The number of nitrogens with one attached hydrogen (secondary N) is 1. The quantitative estimate of drug-likeness (QED) is 0.688. The summed E-state index contributed by atoms with van der Waals surface area (Å²) in [6, 6.07) is 9.32. The van der Waals surface area contributed by atoms with Gasteiger partial charge in [0, 0.05) is 23.3 Å². The zero-order valence-electron chi connectivity index (χ0n) is 17.1. The summed E-state index contributed by atoms with van der Waals surface area (Å²) in [7, 11) is 1.57. The molecule has 1 fully saturated rings. The number of carbonyl (C=O) groups is 1. The summed E-state index contributed by atoms with van der Waals surface area (Å²) >= 11 is 0. The van der Waals surface area contributed by atoms with E-state index in [1.54, 1.807) is 19.2 Å². The van der Waals surface area contributed by atoms with Crippen LogP contribution in [0.2, 0.25) is 0 Å². The molecule has 0 unspecified atom stereocenters. The highest BCUT2D eigenvalue weighted by molar-refractivity contribution is 6.05. The number of aryl methyl sites for hydroxylation is 1. The van der Waals surface area contributed by atoms with Crippen LogP contribution >= 0.6 is 0 Å². The van der Waals surface area contributed by atoms with Gasteiger partial charge in [0.15, 0.2) is 0 Å². The van der Waals surface area contributed by atoms with Gasteiger partial charge in [-0.15, -0.1) is 0 Å². The van der Waals surface area contributed by atoms with Crippen molar-refractivity contribution in [2.45, 2.75) is 45.3 Å². The number of fused-ring (bicyclic) bond motifs is 1. The highest BCUT2D eigenvalue weighted by Crippen LogP contribution is 2.44. The predicted molar refractivity (Wildman–Crippen MR) is 111 cm³/mol. The van der Waals surface area contributed by atoms with Crippen LogP contribution in [0.3, 0.4) is 0 Å². The second kappa shape index (κ2) is 7.15. The fourth-order valence-corrected chi connectivity index (χ4v) is 3.76. The second-order valence-electron chi connectivity index (χ2n) is 8.31. The van der Waals surface area contributed by atoms with Crippen molar-refractivity contribution in [3.8, 4) is 5.75 Å². The third-order valence-corrected chi connectivity index (χ3v) is 5.70. The van der Waals surface area contributed by atoms with E-state index in [1.807, 2.05) is 49.8 Å². The number of aliphatic hydroxyl groups is 1. The Morgan fingerprint density at radius 2 is 2.07 bits per heavy atom. The van der Waals surface area contributed by atoms with Crippen molar-refractivity contribution in [3.63, 3.8) is 0 Å². The Morgan fingerprint density at radius 1 is 1.31 bits per heavy atom. The molecule has 0 atom stereocenters. The Morgan fingerprint density at radius 3 is 2.72 bits per heavy atom. The minimum Gasteiger partial charge on any atom is -0.494 e. The standard InChI is InChI=1S/C22H26N4O3/c1-13-6-5-7-17(23-13)21(27)24-19-8-14-12-26(25-18(14)11-20(19)29-4)16-9-15(10-16)22(2,3)28/h5-8,11-12,15-16,28H,9-10H2,1-4H3,(H,24,27). The number of amides is 1. The maximum Gasteiger partial charge on any atom is 0.274 e. The molecule has 1 amide bonds. The molecule has 0 bridgehead atoms. The molecule has 1 aliphatic rings. The van der Waals surface area contributed by atoms with Crippen LogP contribution in [0.15, 0.2) is 36.5 Å². The lowest BCUT2D eigenvalue weighted by atomic mass is 9.71. The molecule has 1 aliphatic carbocycles. The van der Waals surface area contributed by atoms with Crippen molar-refractivity contribution in [2.75, 3.05) is 12.4 Å². The van der Waals surface area contributed by atoms with Crippen molar-refractivity contribution < 1.29 is 14.6 Å². The third-order valence-electron chi connectivity index (χ3n) is 5.70. The molecule has 4 rings (SSSR count). The zero-order valence-corrected chi connectivity index (χ0v) is 17.1. The minimum atomic E-state index is -0.659. The number of hydrogen-bond acceptors (Lipinski definition) is 5. The van der Waals surface area contributed by atoms with E-state index < -0.39 is 5.60 Å². The van der Waals surface area contributed by atoms with Crippen LogP contribution in [-0.4, -0.2) is 38.5 Å². The van der Waals surface area contributed by atoms with Crippen LogP contribution in [0, 0.1) is 12.8 Å². The van der Waals surface area contributed by atoms with Crippen molar-refractivity contribution >= 4 is 22.5 Å². The van der Waals surface area contributed by atoms with E-state index in [1.165, 1.54) is 0 Å². The van der Waals surface area contributed by atoms with Crippen molar-refractivity contribution in [2.24, 2.45) is 5.92 Å². The molecule has 7 heteroatoms. The number of methoxy groups -OCH3 is 1. The second-order valence-corrected chi connectivity index (χ2v) is 8.31. The maximum absolute atomic E-state index is 12.6. The molecule has 29 heavy (non-hydrogen) atoms. The lowest BCUT2D eigenvalue weighted by Gasteiger charge is -2.42. The van der Waals surface area contributed by atoms with Crippen LogP contribution in [0.4, 0.5) is 5.69 Å². The van der Waals surface area contributed by atoms with Crippen LogP contribution in [0.25, 0.3) is 10.9 Å². The largest absolute Gasteiger partial charge is 0.494 e. The summed E-state index contributed by atoms with van der Waals surface area (Å²) < 4.78 is 7.43. The SMILES string of the molecule is COc1cc2nn(C3CC(C(C)(C)O)C3)cc2cc1NC(=O)c1cccc(C)n1. The number of aromatic nitrogens is 3. The number of ether oxygens (including phenoxy) is 1. The summed E-state index contributed by atoms with van der Waals surface area (Å²) in [6.07, 6.45) is 3.79. The van der Waals surface area contributed by atoms with Crippen molar-refractivity contribution in [1.82, 2.24) is 14.8 Å². The first-order valence-corrected chi connectivity index (χ1v) is 9.79. The number of benzene rings is 1. The smallest absolute Gasteiger partial charge is 0.274 e. The number of rotatable bonds is 5. The third kappa shape index (κ3) is 3.82. The molecule has 0 radical (unpaired) electrons. The molecular formula is C22H26N4O3. The van der Waals surface area contributed by atoms with Gasteiger partial charge < -0.3 is 15.2 Å². The minimum absolute atomic E-state index is 0.277. The van der Waals surface area contributed by atoms with Crippen molar-refractivity contribution in [3.05, 3.63) is 47.9 Å². The van der Waals surface area contributed by atoms with E-state index in [9.17, 15) is 9.90 Å². The van der Waals surface area contributed by atoms with Gasteiger partial charge in [-0.05, 0) is 57.7 Å². The van der Waals surface area contributed by atoms with E-state index >= 15 is 0 Å². The molecule has 0 saturated heterocycles. The maximum atomic E-state index is 12.6. The Hall–Kier alpha value is -2.93. The van der Waals surface area contributed by atoms with Crippen LogP contribution in [0.1, 0.15) is 48.9 Å². The normalized spacial score (nSPS) is 19.1. The topological polar surface area (TPSA) is 89.3 Å². The van der Waals surface area contributed by atoms with Crippen LogP contribution in [-0.2, 0) is 0 Å². The van der Waals surface area contributed by atoms with Gasteiger partial charge in [-0.1, -0.05) is 6.07 Å². The molecule has 2 N–H and O–H groups in total. The first-order valence-electron chi connectivity index (χ1n) is 9.79. The number of pyridine rings is 1. The number of nitrogens with zero attached hydrogens (tertiary/aromatic N) is 3. The Kier molecular flexibility index (Phi) is 4.78. The van der Waals surface area contributed by atoms with E-state index in [4.69, 9.17) is 4.74 Å². The molecule has 1 saturated carbocycles. The Balaban J connectivity index is 1.58. The highest BCUT2D eigenvalue weighted by atomic mass is 16.5. The van der Waals surface area contributed by atoms with Crippen LogP contribution in [0.5, 0.6) is 5.75 Å². The van der Waals surface area contributed by atoms with E-state index in [0.29, 0.717) is 17.1 Å². The van der Waals surface area contributed by atoms with E-state index in [2.05, 4.69) is 15.4 Å². The lowest BCUT2D eigenvalue weighted by molar-refractivity contribution is -0.0412. The van der Waals surface area contributed by atoms with Gasteiger partial charge >= 0.3 is 0 Å². The summed E-state index contributed by atoms with van der Waals surface area (Å²) in [5, 5.41) is 18.6. The number of anilines is 1. The zero-order chi connectivity index (χ0) is 20.8. The van der Waals surface area contributed by atoms with Gasteiger partial charge in [-0.2, -0.15) is 5.10 Å². The van der Waals surface area contributed by atoms with Gasteiger partial charge in [-0.3, -0.25) is 9.48 Å². The van der Waals surface area contributed by atoms with Crippen LogP contribution < -0.4 is 10.1 Å². The van der Waals surface area contributed by atoms with Gasteiger partial charge in [-0.25, -0.2) is 4.98 Å². The first-order chi connectivity index (χ1) is 13.7. The predicted octanol–water partition coefficient (Wildman–Crippen LogP) is 3.72. The monoisotopic (exact) mass is 394 g/mol. The molecule has 1 aromatic carbocycles. The Labute approximate surface area is 169 Å². The molecule has 7 nitrogen and oxygen atoms in total. The molecule has 3 aromatic rings.